The van der Waals surface area contributed by atoms with Crippen LogP contribution in [0.4, 0.5) is 0 Å². The lowest BCUT2D eigenvalue weighted by Gasteiger charge is -2.29. The first-order chi connectivity index (χ1) is 11.3. The lowest BCUT2D eigenvalue weighted by Crippen LogP contribution is -2.40. The number of carboxylic acids is 1. The minimum absolute atomic E-state index is 0.251. The Hall–Kier alpha value is -1.92. The van der Waals surface area contributed by atoms with Crippen molar-refractivity contribution >= 4 is 12.2 Å². The summed E-state index contributed by atoms with van der Waals surface area (Å²) in [6.45, 7) is 3.64. The van der Waals surface area contributed by atoms with Gasteiger partial charge in [0.25, 0.3) is 0 Å². The number of benzene rings is 1. The lowest BCUT2D eigenvalue weighted by atomic mass is 9.98. The van der Waals surface area contributed by atoms with Crippen molar-refractivity contribution in [3.05, 3.63) is 35.9 Å². The van der Waals surface area contributed by atoms with Gasteiger partial charge >= 0.3 is 5.97 Å². The predicted molar refractivity (Wildman–Crippen MR) is 87.3 cm³/mol. The summed E-state index contributed by atoms with van der Waals surface area (Å²) in [6.07, 6.45) is 3.29. The van der Waals surface area contributed by atoms with Crippen molar-refractivity contribution in [1.29, 1.82) is 0 Å². The second-order valence-corrected chi connectivity index (χ2v) is 5.60. The monoisotopic (exact) mass is 320 g/mol. The largest absolute Gasteiger partial charge is 0.481 e. The third-order valence-corrected chi connectivity index (χ3v) is 3.81. The Morgan fingerprint density at radius 1 is 1.39 bits per heavy atom. The van der Waals surface area contributed by atoms with E-state index in [1.807, 2.05) is 30.3 Å². The highest BCUT2D eigenvalue weighted by atomic mass is 16.6. The summed E-state index contributed by atoms with van der Waals surface area (Å²) in [4.78, 5) is 18.3. The first-order valence-electron chi connectivity index (χ1n) is 7.96. The van der Waals surface area contributed by atoms with Crippen LogP contribution in [-0.2, 0) is 21.0 Å². The summed E-state index contributed by atoms with van der Waals surface area (Å²) in [5.41, 5.74) is 1.12. The molecule has 126 valence electrons. The number of rotatable bonds is 9. The van der Waals surface area contributed by atoms with Gasteiger partial charge in [0.1, 0.15) is 6.61 Å². The molecule has 1 aromatic carbocycles. The number of oxime groups is 1. The molecule has 6 nitrogen and oxygen atoms in total. The number of carboxylic acid groups (broad SMARTS) is 1. The Morgan fingerprint density at radius 3 is 3.00 bits per heavy atom. The molecule has 0 bridgehead atoms. The zero-order valence-electron chi connectivity index (χ0n) is 13.3. The van der Waals surface area contributed by atoms with E-state index in [-0.39, 0.29) is 5.92 Å². The Bertz CT molecular complexity index is 493. The summed E-state index contributed by atoms with van der Waals surface area (Å²) in [6, 6.07) is 9.95. The Kier molecular flexibility index (Phi) is 7.56. The van der Waals surface area contributed by atoms with E-state index in [0.29, 0.717) is 32.9 Å². The van der Waals surface area contributed by atoms with E-state index in [4.69, 9.17) is 14.7 Å². The zero-order valence-corrected chi connectivity index (χ0v) is 13.3. The van der Waals surface area contributed by atoms with Crippen molar-refractivity contribution in [3.63, 3.8) is 0 Å². The smallest absolute Gasteiger partial charge is 0.307 e. The van der Waals surface area contributed by atoms with E-state index in [1.165, 1.54) is 0 Å². The summed E-state index contributed by atoms with van der Waals surface area (Å²) in [7, 11) is 0. The average Bonchev–Trinajstić information content (AvgIpc) is 2.58. The molecule has 0 radical (unpaired) electrons. The fraction of sp³-hybridized carbons (Fsp3) is 0.529. The van der Waals surface area contributed by atoms with Gasteiger partial charge in [0.05, 0.1) is 25.3 Å². The van der Waals surface area contributed by atoms with Gasteiger partial charge in [-0.2, -0.15) is 0 Å². The van der Waals surface area contributed by atoms with Gasteiger partial charge in [-0.25, -0.2) is 0 Å². The normalized spacial score (nSPS) is 19.0. The molecule has 6 heteroatoms. The molecule has 1 fully saturated rings. The third kappa shape index (κ3) is 6.80. The summed E-state index contributed by atoms with van der Waals surface area (Å²) in [5, 5.41) is 12.9. The quantitative estimate of drug-likeness (QED) is 0.428. The van der Waals surface area contributed by atoms with Gasteiger partial charge in [0.15, 0.2) is 0 Å². The highest BCUT2D eigenvalue weighted by Gasteiger charge is 2.24. The maximum Gasteiger partial charge on any atom is 0.307 e. The standard InChI is InChI=1S/C17H24N2O4/c20-17(21)16-7-4-9-19(13-16)10-12-23-18-8-11-22-14-15-5-2-1-3-6-15/h1-3,5-6,8,16H,4,7,9-14H2,(H,20,21)/b18-8+. The van der Waals surface area contributed by atoms with Gasteiger partial charge in [-0.05, 0) is 24.9 Å². The third-order valence-electron chi connectivity index (χ3n) is 3.81. The van der Waals surface area contributed by atoms with Crippen molar-refractivity contribution in [2.75, 3.05) is 32.8 Å². The van der Waals surface area contributed by atoms with Crippen LogP contribution in [0.5, 0.6) is 0 Å². The first kappa shape index (κ1) is 17.4. The molecule has 1 aliphatic rings. The van der Waals surface area contributed by atoms with Gasteiger partial charge in [-0.3, -0.25) is 9.69 Å². The summed E-state index contributed by atoms with van der Waals surface area (Å²) in [5.74, 6) is -0.956. The van der Waals surface area contributed by atoms with E-state index in [9.17, 15) is 4.79 Å². The number of aliphatic carboxylic acids is 1. The van der Waals surface area contributed by atoms with E-state index in [1.54, 1.807) is 6.21 Å². The molecule has 0 saturated carbocycles. The SMILES string of the molecule is O=C(O)C1CCCN(CCO/N=C/COCc2ccccc2)C1. The molecule has 1 atom stereocenters. The molecule has 0 aliphatic carbocycles. The maximum absolute atomic E-state index is 11.0. The number of piperidine rings is 1. The van der Waals surface area contributed by atoms with Crippen LogP contribution in [0.1, 0.15) is 18.4 Å². The molecule has 1 heterocycles. The highest BCUT2D eigenvalue weighted by Crippen LogP contribution is 2.16. The first-order valence-corrected chi connectivity index (χ1v) is 7.96. The maximum atomic E-state index is 11.0. The number of likely N-dealkylation sites (tertiary alicyclic amines) is 1. The van der Waals surface area contributed by atoms with Crippen molar-refractivity contribution in [2.24, 2.45) is 11.1 Å². The van der Waals surface area contributed by atoms with Crippen LogP contribution in [0.25, 0.3) is 0 Å². The Balaban J connectivity index is 1.51. The van der Waals surface area contributed by atoms with E-state index in [2.05, 4.69) is 10.1 Å². The number of nitrogens with zero attached hydrogens (tertiary/aromatic N) is 2. The fourth-order valence-corrected chi connectivity index (χ4v) is 2.57. The highest BCUT2D eigenvalue weighted by molar-refractivity contribution is 5.70. The number of hydrogen-bond acceptors (Lipinski definition) is 5. The predicted octanol–water partition coefficient (Wildman–Crippen LogP) is 2.00. The van der Waals surface area contributed by atoms with Crippen molar-refractivity contribution < 1.29 is 19.5 Å². The second kappa shape index (κ2) is 9.97. The molecule has 1 N–H and O–H groups in total. The number of carbonyl (C=O) groups is 1. The van der Waals surface area contributed by atoms with Crippen LogP contribution in [-0.4, -0.2) is 55.0 Å². The van der Waals surface area contributed by atoms with Gasteiger partial charge in [0, 0.05) is 13.1 Å². The molecule has 1 aromatic rings. The van der Waals surface area contributed by atoms with Crippen molar-refractivity contribution in [3.8, 4) is 0 Å². The molecule has 0 aromatic heterocycles. The van der Waals surface area contributed by atoms with E-state index in [0.717, 1.165) is 24.9 Å². The summed E-state index contributed by atoms with van der Waals surface area (Å²) >= 11 is 0. The molecule has 0 amide bonds. The Morgan fingerprint density at radius 2 is 2.22 bits per heavy atom. The molecule has 1 saturated heterocycles. The van der Waals surface area contributed by atoms with Gasteiger partial charge in [-0.15, -0.1) is 0 Å². The fourth-order valence-electron chi connectivity index (χ4n) is 2.57. The molecule has 1 unspecified atom stereocenters. The second-order valence-electron chi connectivity index (χ2n) is 5.60. The minimum Gasteiger partial charge on any atom is -0.481 e. The van der Waals surface area contributed by atoms with Crippen LogP contribution < -0.4 is 0 Å². The van der Waals surface area contributed by atoms with E-state index < -0.39 is 5.97 Å². The van der Waals surface area contributed by atoms with Gasteiger partial charge in [-0.1, -0.05) is 35.5 Å². The molecule has 2 rings (SSSR count). The molecule has 1 aliphatic heterocycles. The van der Waals surface area contributed by atoms with Crippen molar-refractivity contribution in [2.45, 2.75) is 19.4 Å². The van der Waals surface area contributed by atoms with Crippen LogP contribution >= 0.6 is 0 Å². The van der Waals surface area contributed by atoms with Crippen molar-refractivity contribution in [1.82, 2.24) is 4.90 Å². The van der Waals surface area contributed by atoms with Crippen LogP contribution in [0.3, 0.4) is 0 Å². The van der Waals surface area contributed by atoms with Crippen LogP contribution in [0.2, 0.25) is 0 Å². The molecule has 23 heavy (non-hydrogen) atoms. The molecular weight excluding hydrogens is 296 g/mol. The minimum atomic E-state index is -0.704. The zero-order chi connectivity index (χ0) is 16.3. The lowest BCUT2D eigenvalue weighted by molar-refractivity contribution is -0.143. The average molecular weight is 320 g/mol. The van der Waals surface area contributed by atoms with Crippen LogP contribution in [0, 0.1) is 5.92 Å². The van der Waals surface area contributed by atoms with Crippen LogP contribution in [0.15, 0.2) is 35.5 Å². The topological polar surface area (TPSA) is 71.4 Å². The Labute approximate surface area is 136 Å². The number of ether oxygens (including phenoxy) is 1. The van der Waals surface area contributed by atoms with E-state index >= 15 is 0 Å². The van der Waals surface area contributed by atoms with Gasteiger partial charge < -0.3 is 14.7 Å². The van der Waals surface area contributed by atoms with Gasteiger partial charge in [0.2, 0.25) is 0 Å². The summed E-state index contributed by atoms with van der Waals surface area (Å²) < 4.78 is 5.45. The number of hydrogen-bond donors (Lipinski definition) is 1. The molecular formula is C17H24N2O4. The molecule has 0 spiro atoms.